The smallest absolute Gasteiger partial charge is 0.277 e. The quantitative estimate of drug-likeness (QED) is 0.693. The van der Waals surface area contributed by atoms with Crippen molar-refractivity contribution in [2.75, 3.05) is 11.1 Å². The molecule has 24 heavy (non-hydrogen) atoms. The van der Waals surface area contributed by atoms with Gasteiger partial charge in [0.15, 0.2) is 0 Å². The largest absolute Gasteiger partial charge is 0.411 e. The molecular formula is C17H16N4O2S. The average molecular weight is 340 g/mol. The number of carbonyl (C=O) groups excluding carboxylic acids is 1. The molecule has 0 fully saturated rings. The van der Waals surface area contributed by atoms with Gasteiger partial charge in [-0.25, -0.2) is 0 Å². The van der Waals surface area contributed by atoms with Crippen molar-refractivity contribution >= 4 is 23.4 Å². The number of rotatable bonds is 6. The lowest BCUT2D eigenvalue weighted by Crippen LogP contribution is -2.15. The van der Waals surface area contributed by atoms with Crippen molar-refractivity contribution < 1.29 is 9.21 Å². The van der Waals surface area contributed by atoms with Crippen LogP contribution in [0.25, 0.3) is 11.5 Å². The zero-order chi connectivity index (χ0) is 16.8. The van der Waals surface area contributed by atoms with Gasteiger partial charge in [0.05, 0.1) is 11.3 Å². The molecule has 0 saturated heterocycles. The number of thioether (sulfide) groups is 1. The molecule has 3 aromatic rings. The van der Waals surface area contributed by atoms with E-state index in [0.29, 0.717) is 11.1 Å². The molecule has 0 saturated carbocycles. The van der Waals surface area contributed by atoms with Crippen molar-refractivity contribution in [3.63, 3.8) is 0 Å². The third-order valence-electron chi connectivity index (χ3n) is 3.31. The molecule has 122 valence electrons. The number of aromatic nitrogens is 3. The summed E-state index contributed by atoms with van der Waals surface area (Å²) in [5, 5.41) is 11.2. The van der Waals surface area contributed by atoms with Gasteiger partial charge in [-0.3, -0.25) is 9.78 Å². The number of hydrogen-bond donors (Lipinski definition) is 1. The van der Waals surface area contributed by atoms with Crippen molar-refractivity contribution in [3.05, 3.63) is 54.4 Å². The minimum Gasteiger partial charge on any atom is -0.411 e. The van der Waals surface area contributed by atoms with Crippen LogP contribution in [0.3, 0.4) is 0 Å². The van der Waals surface area contributed by atoms with Gasteiger partial charge in [0, 0.05) is 18.1 Å². The molecule has 2 heterocycles. The van der Waals surface area contributed by atoms with E-state index in [4.69, 9.17) is 4.42 Å². The molecule has 1 amide bonds. The lowest BCUT2D eigenvalue weighted by atomic mass is 10.1. The SMILES string of the molecule is CCc1ccccc1NC(=O)CSc1nnc(-c2cccnc2)o1. The number of benzene rings is 1. The highest BCUT2D eigenvalue weighted by Gasteiger charge is 2.12. The van der Waals surface area contributed by atoms with E-state index in [2.05, 4.69) is 27.4 Å². The summed E-state index contributed by atoms with van der Waals surface area (Å²) in [4.78, 5) is 16.1. The van der Waals surface area contributed by atoms with Crippen LogP contribution in [0.15, 0.2) is 58.4 Å². The van der Waals surface area contributed by atoms with Crippen LogP contribution in [0.4, 0.5) is 5.69 Å². The number of carbonyl (C=O) groups is 1. The summed E-state index contributed by atoms with van der Waals surface area (Å²) < 4.78 is 5.54. The van der Waals surface area contributed by atoms with E-state index in [1.807, 2.05) is 30.3 Å². The normalized spacial score (nSPS) is 10.5. The maximum atomic E-state index is 12.1. The zero-order valence-electron chi connectivity index (χ0n) is 13.1. The molecule has 0 aliphatic carbocycles. The molecule has 7 heteroatoms. The van der Waals surface area contributed by atoms with E-state index in [1.165, 1.54) is 11.8 Å². The van der Waals surface area contributed by atoms with Crippen molar-refractivity contribution in [2.24, 2.45) is 0 Å². The molecule has 1 aromatic carbocycles. The third-order valence-corrected chi connectivity index (χ3v) is 4.13. The Morgan fingerprint density at radius 2 is 2.08 bits per heavy atom. The van der Waals surface area contributed by atoms with E-state index in [0.717, 1.165) is 23.2 Å². The molecule has 0 atom stereocenters. The van der Waals surface area contributed by atoms with E-state index >= 15 is 0 Å². The first-order valence-electron chi connectivity index (χ1n) is 7.50. The zero-order valence-corrected chi connectivity index (χ0v) is 13.9. The van der Waals surface area contributed by atoms with Crippen LogP contribution in [0.2, 0.25) is 0 Å². The predicted octanol–water partition coefficient (Wildman–Crippen LogP) is 3.42. The van der Waals surface area contributed by atoms with Crippen LogP contribution < -0.4 is 5.32 Å². The second-order valence-corrected chi connectivity index (χ2v) is 5.89. The first-order valence-corrected chi connectivity index (χ1v) is 8.49. The molecule has 0 radical (unpaired) electrons. The topological polar surface area (TPSA) is 80.9 Å². The van der Waals surface area contributed by atoms with Crippen molar-refractivity contribution in [3.8, 4) is 11.5 Å². The summed E-state index contributed by atoms with van der Waals surface area (Å²) in [6.45, 7) is 2.05. The number of aryl methyl sites for hydroxylation is 1. The predicted molar refractivity (Wildman–Crippen MR) is 92.7 cm³/mol. The first kappa shape index (κ1) is 16.2. The Kier molecular flexibility index (Phi) is 5.22. The number of nitrogens with zero attached hydrogens (tertiary/aromatic N) is 3. The fraction of sp³-hybridized carbons (Fsp3) is 0.176. The Morgan fingerprint density at radius 1 is 1.21 bits per heavy atom. The Labute approximate surface area is 143 Å². The summed E-state index contributed by atoms with van der Waals surface area (Å²) in [5.74, 6) is 0.483. The molecule has 0 spiro atoms. The van der Waals surface area contributed by atoms with Crippen LogP contribution in [0.5, 0.6) is 0 Å². The van der Waals surface area contributed by atoms with Gasteiger partial charge in [0.1, 0.15) is 0 Å². The van der Waals surface area contributed by atoms with Crippen LogP contribution in [0, 0.1) is 0 Å². The molecule has 1 N–H and O–H groups in total. The second-order valence-electron chi connectivity index (χ2n) is 4.96. The Bertz CT molecular complexity index is 820. The molecule has 3 rings (SSSR count). The number of nitrogens with one attached hydrogen (secondary N) is 1. The van der Waals surface area contributed by atoms with Gasteiger partial charge < -0.3 is 9.73 Å². The number of hydrogen-bond acceptors (Lipinski definition) is 6. The minimum absolute atomic E-state index is 0.109. The molecule has 0 bridgehead atoms. The van der Waals surface area contributed by atoms with Gasteiger partial charge in [-0.15, -0.1) is 10.2 Å². The van der Waals surface area contributed by atoms with Crippen LogP contribution in [-0.2, 0) is 11.2 Å². The number of amides is 1. The molecule has 0 aliphatic rings. The summed E-state index contributed by atoms with van der Waals surface area (Å²) in [5.41, 5.74) is 2.69. The fourth-order valence-electron chi connectivity index (χ4n) is 2.14. The second kappa shape index (κ2) is 7.74. The van der Waals surface area contributed by atoms with E-state index in [9.17, 15) is 4.79 Å². The lowest BCUT2D eigenvalue weighted by Gasteiger charge is -2.08. The molecule has 6 nitrogen and oxygen atoms in total. The minimum atomic E-state index is -0.109. The Balaban J connectivity index is 1.58. The number of para-hydroxylation sites is 1. The van der Waals surface area contributed by atoms with Gasteiger partial charge in [0.25, 0.3) is 5.22 Å². The highest BCUT2D eigenvalue weighted by Crippen LogP contribution is 2.23. The Hall–Kier alpha value is -2.67. The van der Waals surface area contributed by atoms with Crippen LogP contribution >= 0.6 is 11.8 Å². The highest BCUT2D eigenvalue weighted by molar-refractivity contribution is 7.99. The van der Waals surface area contributed by atoms with Crippen LogP contribution in [-0.4, -0.2) is 26.8 Å². The summed E-state index contributed by atoms with van der Waals surface area (Å²) >= 11 is 1.20. The summed E-state index contributed by atoms with van der Waals surface area (Å²) in [6.07, 6.45) is 4.19. The van der Waals surface area contributed by atoms with Gasteiger partial charge in [-0.05, 0) is 30.2 Å². The maximum absolute atomic E-state index is 12.1. The van der Waals surface area contributed by atoms with Gasteiger partial charge in [-0.2, -0.15) is 0 Å². The summed E-state index contributed by atoms with van der Waals surface area (Å²) in [7, 11) is 0. The van der Waals surface area contributed by atoms with Gasteiger partial charge in [-0.1, -0.05) is 36.9 Å². The van der Waals surface area contributed by atoms with Crippen molar-refractivity contribution in [1.29, 1.82) is 0 Å². The third kappa shape index (κ3) is 3.99. The fourth-order valence-corrected chi connectivity index (χ4v) is 2.70. The summed E-state index contributed by atoms with van der Waals surface area (Å²) in [6, 6.07) is 11.4. The van der Waals surface area contributed by atoms with Gasteiger partial charge >= 0.3 is 0 Å². The monoisotopic (exact) mass is 340 g/mol. The van der Waals surface area contributed by atoms with Crippen LogP contribution in [0.1, 0.15) is 12.5 Å². The highest BCUT2D eigenvalue weighted by atomic mass is 32.2. The van der Waals surface area contributed by atoms with Gasteiger partial charge in [0.2, 0.25) is 11.8 Å². The molecule has 2 aromatic heterocycles. The first-order chi connectivity index (χ1) is 11.8. The van der Waals surface area contributed by atoms with Crippen molar-refractivity contribution in [2.45, 2.75) is 18.6 Å². The lowest BCUT2D eigenvalue weighted by molar-refractivity contribution is -0.113. The molecular weight excluding hydrogens is 324 g/mol. The standard InChI is InChI=1S/C17H16N4O2S/c1-2-12-6-3-4-8-14(12)19-15(22)11-24-17-21-20-16(23-17)13-7-5-9-18-10-13/h3-10H,2,11H2,1H3,(H,19,22). The van der Waals surface area contributed by atoms with E-state index < -0.39 is 0 Å². The molecule has 0 aliphatic heterocycles. The maximum Gasteiger partial charge on any atom is 0.277 e. The van der Waals surface area contributed by atoms with E-state index in [-0.39, 0.29) is 11.7 Å². The van der Waals surface area contributed by atoms with Crippen molar-refractivity contribution in [1.82, 2.24) is 15.2 Å². The average Bonchev–Trinajstić information content (AvgIpc) is 3.10. The number of anilines is 1. The Morgan fingerprint density at radius 3 is 2.88 bits per heavy atom. The molecule has 0 unspecified atom stereocenters. The number of pyridine rings is 1. The van der Waals surface area contributed by atoms with E-state index in [1.54, 1.807) is 18.5 Å².